The molecule has 0 bridgehead atoms. The maximum absolute atomic E-state index is 13.4. The first-order valence-corrected chi connectivity index (χ1v) is 8.23. The number of halogens is 1. The summed E-state index contributed by atoms with van der Waals surface area (Å²) >= 11 is 1.60. The Hall–Kier alpha value is -2.07. The molecule has 0 spiro atoms. The predicted molar refractivity (Wildman–Crippen MR) is 91.0 cm³/mol. The van der Waals surface area contributed by atoms with Crippen LogP contribution in [0, 0.1) is 5.82 Å². The van der Waals surface area contributed by atoms with E-state index in [1.165, 1.54) is 12.1 Å². The molecule has 2 nitrogen and oxygen atoms in total. The second-order valence-electron chi connectivity index (χ2n) is 4.68. The zero-order valence-corrected chi connectivity index (χ0v) is 13.0. The molecule has 1 amide bonds. The van der Waals surface area contributed by atoms with Gasteiger partial charge in [-0.2, -0.15) is 11.8 Å². The minimum absolute atomic E-state index is 0.115. The Morgan fingerprint density at radius 2 is 1.82 bits per heavy atom. The summed E-state index contributed by atoms with van der Waals surface area (Å²) in [6, 6.07) is 16.4. The first-order valence-electron chi connectivity index (χ1n) is 7.08. The summed E-state index contributed by atoms with van der Waals surface area (Å²) in [5.41, 5.74) is 1.69. The Labute approximate surface area is 134 Å². The number of benzene rings is 2. The van der Waals surface area contributed by atoms with Crippen molar-refractivity contribution in [2.45, 2.75) is 5.75 Å². The maximum Gasteiger partial charge on any atom is 0.244 e. The summed E-state index contributed by atoms with van der Waals surface area (Å²) in [6.07, 6.45) is 3.30. The predicted octanol–water partition coefficient (Wildman–Crippen LogP) is 3.89. The van der Waals surface area contributed by atoms with Crippen LogP contribution in [-0.4, -0.2) is 18.2 Å². The molecule has 0 fully saturated rings. The normalized spacial score (nSPS) is 10.8. The first-order chi connectivity index (χ1) is 10.8. The minimum atomic E-state index is -0.176. The summed E-state index contributed by atoms with van der Waals surface area (Å²) in [5.74, 6) is 1.07. The van der Waals surface area contributed by atoms with Crippen molar-refractivity contribution in [3.63, 3.8) is 0 Å². The third-order valence-corrected chi connectivity index (χ3v) is 4.00. The Bertz CT molecular complexity index is 628. The van der Waals surface area contributed by atoms with Crippen LogP contribution in [0.1, 0.15) is 11.1 Å². The quantitative estimate of drug-likeness (QED) is 0.620. The lowest BCUT2D eigenvalue weighted by Crippen LogP contribution is -2.23. The zero-order chi connectivity index (χ0) is 15.6. The molecule has 114 valence electrons. The number of amides is 1. The summed E-state index contributed by atoms with van der Waals surface area (Å²) < 4.78 is 13.4. The van der Waals surface area contributed by atoms with Crippen molar-refractivity contribution < 1.29 is 9.18 Å². The summed E-state index contributed by atoms with van der Waals surface area (Å²) in [7, 11) is 0. The highest BCUT2D eigenvalue weighted by atomic mass is 32.2. The molecular weight excluding hydrogens is 297 g/mol. The first kappa shape index (κ1) is 16.3. The summed E-state index contributed by atoms with van der Waals surface area (Å²) in [6.45, 7) is 0.567. The van der Waals surface area contributed by atoms with Crippen LogP contribution in [0.4, 0.5) is 4.39 Å². The van der Waals surface area contributed by atoms with Gasteiger partial charge in [-0.3, -0.25) is 4.79 Å². The number of carbonyl (C=O) groups excluding carboxylic acids is 1. The number of hydrogen-bond acceptors (Lipinski definition) is 2. The fourth-order valence-corrected chi connectivity index (χ4v) is 2.68. The van der Waals surface area contributed by atoms with Gasteiger partial charge in [0, 0.05) is 24.1 Å². The Kier molecular flexibility index (Phi) is 6.71. The highest BCUT2D eigenvalue weighted by Gasteiger charge is 2.00. The van der Waals surface area contributed by atoms with Gasteiger partial charge < -0.3 is 5.32 Å². The van der Waals surface area contributed by atoms with Crippen molar-refractivity contribution in [3.8, 4) is 0 Å². The smallest absolute Gasteiger partial charge is 0.244 e. The number of hydrogen-bond donors (Lipinski definition) is 1. The molecule has 22 heavy (non-hydrogen) atoms. The minimum Gasteiger partial charge on any atom is -0.352 e. The molecule has 0 aliphatic carbocycles. The van der Waals surface area contributed by atoms with Crippen molar-refractivity contribution in [2.75, 3.05) is 12.3 Å². The molecule has 0 radical (unpaired) electrons. The van der Waals surface area contributed by atoms with Crippen molar-refractivity contribution in [2.24, 2.45) is 0 Å². The lowest BCUT2D eigenvalue weighted by atomic mass is 10.2. The van der Waals surface area contributed by atoms with Crippen molar-refractivity contribution in [1.82, 2.24) is 5.32 Å². The van der Waals surface area contributed by atoms with Gasteiger partial charge in [0.15, 0.2) is 0 Å². The average Bonchev–Trinajstić information content (AvgIpc) is 2.55. The fraction of sp³-hybridized carbons (Fsp3) is 0.167. The molecule has 0 aliphatic heterocycles. The van der Waals surface area contributed by atoms with Gasteiger partial charge in [-0.1, -0.05) is 48.5 Å². The molecule has 2 rings (SSSR count). The topological polar surface area (TPSA) is 29.1 Å². The number of carbonyl (C=O) groups is 1. The van der Waals surface area contributed by atoms with E-state index in [-0.39, 0.29) is 11.7 Å². The maximum atomic E-state index is 13.4. The lowest BCUT2D eigenvalue weighted by Gasteiger charge is -2.04. The highest BCUT2D eigenvalue weighted by molar-refractivity contribution is 7.98. The van der Waals surface area contributed by atoms with Crippen LogP contribution in [0.3, 0.4) is 0 Å². The highest BCUT2D eigenvalue weighted by Crippen LogP contribution is 2.14. The van der Waals surface area contributed by atoms with E-state index in [9.17, 15) is 9.18 Å². The van der Waals surface area contributed by atoms with Gasteiger partial charge in [0.25, 0.3) is 0 Å². The molecule has 0 aromatic heterocycles. The van der Waals surface area contributed by atoms with E-state index < -0.39 is 0 Å². The lowest BCUT2D eigenvalue weighted by molar-refractivity contribution is -0.116. The average molecular weight is 315 g/mol. The van der Waals surface area contributed by atoms with E-state index in [4.69, 9.17) is 0 Å². The van der Waals surface area contributed by atoms with Gasteiger partial charge in [-0.05, 0) is 23.3 Å². The van der Waals surface area contributed by atoms with Gasteiger partial charge in [-0.15, -0.1) is 0 Å². The molecule has 1 N–H and O–H groups in total. The van der Waals surface area contributed by atoms with Crippen LogP contribution in [0.5, 0.6) is 0 Å². The van der Waals surface area contributed by atoms with E-state index in [2.05, 4.69) is 5.32 Å². The number of rotatable bonds is 7. The van der Waals surface area contributed by atoms with Crippen LogP contribution in [0.15, 0.2) is 60.7 Å². The molecule has 0 unspecified atom stereocenters. The van der Waals surface area contributed by atoms with Gasteiger partial charge in [0.2, 0.25) is 5.91 Å². The molecule has 4 heteroatoms. The Morgan fingerprint density at radius 3 is 2.59 bits per heavy atom. The van der Waals surface area contributed by atoms with E-state index >= 15 is 0 Å². The zero-order valence-electron chi connectivity index (χ0n) is 12.2. The molecule has 0 aliphatic rings. The van der Waals surface area contributed by atoms with E-state index in [1.54, 1.807) is 30.0 Å². The standard InChI is InChI=1S/C18H18FNOS/c19-17-9-5-4-8-16(17)14-22-13-12-20-18(21)11-10-15-6-2-1-3-7-15/h1-11H,12-14H2,(H,20,21)/b11-10+. The molecule has 2 aromatic carbocycles. The molecule has 0 saturated carbocycles. The molecule has 0 saturated heterocycles. The number of nitrogens with one attached hydrogen (secondary N) is 1. The van der Waals surface area contributed by atoms with Gasteiger partial charge in [-0.25, -0.2) is 4.39 Å². The third-order valence-electron chi connectivity index (χ3n) is 2.99. The van der Waals surface area contributed by atoms with Gasteiger partial charge in [0.05, 0.1) is 0 Å². The number of thioether (sulfide) groups is 1. The second-order valence-corrected chi connectivity index (χ2v) is 5.78. The van der Waals surface area contributed by atoms with Crippen molar-refractivity contribution in [3.05, 3.63) is 77.6 Å². The molecule has 0 atom stereocenters. The van der Waals surface area contributed by atoms with Crippen LogP contribution < -0.4 is 5.32 Å². The van der Waals surface area contributed by atoms with E-state index in [0.717, 1.165) is 11.3 Å². The monoisotopic (exact) mass is 315 g/mol. The van der Waals surface area contributed by atoms with Crippen molar-refractivity contribution >= 4 is 23.7 Å². The second kappa shape index (κ2) is 9.05. The van der Waals surface area contributed by atoms with Gasteiger partial charge in [0.1, 0.15) is 5.82 Å². The van der Waals surface area contributed by atoms with Crippen LogP contribution in [-0.2, 0) is 10.5 Å². The van der Waals surface area contributed by atoms with E-state index in [0.29, 0.717) is 17.9 Å². The molecule has 2 aromatic rings. The Balaban J connectivity index is 1.63. The van der Waals surface area contributed by atoms with E-state index in [1.807, 2.05) is 36.4 Å². The SMILES string of the molecule is O=C(/C=C/c1ccccc1)NCCSCc1ccccc1F. The van der Waals surface area contributed by atoms with Gasteiger partial charge >= 0.3 is 0 Å². The Morgan fingerprint density at radius 1 is 1.09 bits per heavy atom. The largest absolute Gasteiger partial charge is 0.352 e. The summed E-state index contributed by atoms with van der Waals surface area (Å²) in [5, 5.41) is 2.81. The molecule has 0 heterocycles. The third kappa shape index (κ3) is 5.74. The van der Waals surface area contributed by atoms with Crippen LogP contribution in [0.2, 0.25) is 0 Å². The molecular formula is C18H18FNOS. The van der Waals surface area contributed by atoms with Crippen LogP contribution in [0.25, 0.3) is 6.08 Å². The summed E-state index contributed by atoms with van der Waals surface area (Å²) in [4.78, 5) is 11.6. The van der Waals surface area contributed by atoms with Crippen molar-refractivity contribution in [1.29, 1.82) is 0 Å². The fourth-order valence-electron chi connectivity index (χ4n) is 1.84. The van der Waals surface area contributed by atoms with Crippen LogP contribution >= 0.6 is 11.8 Å².